The van der Waals surface area contributed by atoms with Gasteiger partial charge in [-0.2, -0.15) is 0 Å². The Kier molecular flexibility index (Phi) is 7.06. The van der Waals surface area contributed by atoms with Crippen LogP contribution in [0.15, 0.2) is 78.2 Å². The highest BCUT2D eigenvalue weighted by Gasteiger charge is 2.22. The first kappa shape index (κ1) is 23.1. The zero-order chi connectivity index (χ0) is 24.0. The number of benzene rings is 2. The van der Waals surface area contributed by atoms with Crippen LogP contribution in [-0.4, -0.2) is 64.0 Å². The molecule has 1 amide bonds. The highest BCUT2D eigenvalue weighted by atomic mass is 32.2. The van der Waals surface area contributed by atoms with Crippen molar-refractivity contribution in [2.45, 2.75) is 10.9 Å². The van der Waals surface area contributed by atoms with Gasteiger partial charge >= 0.3 is 0 Å². The lowest BCUT2D eigenvalue weighted by Crippen LogP contribution is -2.41. The Balaban J connectivity index is 1.45. The van der Waals surface area contributed by atoms with Crippen LogP contribution in [0.25, 0.3) is 17.1 Å². The number of rotatable bonds is 7. The Morgan fingerprint density at radius 1 is 1.00 bits per heavy atom. The van der Waals surface area contributed by atoms with Crippen LogP contribution in [0.4, 0.5) is 0 Å². The smallest absolute Gasteiger partial charge is 0.254 e. The molecule has 0 aliphatic carbocycles. The summed E-state index contributed by atoms with van der Waals surface area (Å²) < 4.78 is 12.7. The number of carbonyl (C=O) groups excluding carboxylic acids is 1. The Hall–Kier alpha value is -3.69. The molecule has 0 saturated carbocycles. The highest BCUT2D eigenvalue weighted by molar-refractivity contribution is 7.98. The molecule has 1 aliphatic rings. The summed E-state index contributed by atoms with van der Waals surface area (Å²) in [4.78, 5) is 19.2. The van der Waals surface area contributed by atoms with E-state index in [1.807, 2.05) is 70.1 Å². The molecule has 0 bridgehead atoms. The van der Waals surface area contributed by atoms with Crippen molar-refractivity contribution in [2.24, 2.45) is 0 Å². The molecule has 9 heteroatoms. The maximum Gasteiger partial charge on any atom is 0.254 e. The Labute approximate surface area is 207 Å². The summed E-state index contributed by atoms with van der Waals surface area (Å²) in [6, 6.07) is 19.4. The lowest BCUT2D eigenvalue weighted by Gasteiger charge is -2.27. The zero-order valence-corrected chi connectivity index (χ0v) is 20.1. The van der Waals surface area contributed by atoms with E-state index in [2.05, 4.69) is 15.2 Å². The largest absolute Gasteiger partial charge is 0.497 e. The predicted molar refractivity (Wildman–Crippen MR) is 134 cm³/mol. The molecule has 5 rings (SSSR count). The number of ether oxygens (including phenoxy) is 2. The van der Waals surface area contributed by atoms with Crippen LogP contribution in [0.2, 0.25) is 0 Å². The van der Waals surface area contributed by atoms with Crippen LogP contribution in [-0.2, 0) is 10.5 Å². The fourth-order valence-electron chi connectivity index (χ4n) is 3.95. The van der Waals surface area contributed by atoms with E-state index >= 15 is 0 Å². The number of amides is 1. The second kappa shape index (κ2) is 10.7. The Bertz CT molecular complexity index is 1290. The number of thioether (sulfide) groups is 1. The number of hydrogen-bond acceptors (Lipinski definition) is 7. The van der Waals surface area contributed by atoms with Crippen molar-refractivity contribution in [3.63, 3.8) is 0 Å². The average molecular weight is 488 g/mol. The summed E-state index contributed by atoms with van der Waals surface area (Å²) >= 11 is 1.55. The van der Waals surface area contributed by atoms with Crippen molar-refractivity contribution in [3.8, 4) is 22.8 Å². The molecule has 0 radical (unpaired) electrons. The zero-order valence-electron chi connectivity index (χ0n) is 19.3. The molecular weight excluding hydrogens is 462 g/mol. The van der Waals surface area contributed by atoms with E-state index < -0.39 is 0 Å². The molecule has 8 nitrogen and oxygen atoms in total. The summed E-state index contributed by atoms with van der Waals surface area (Å²) in [5.41, 5.74) is 3.51. The third kappa shape index (κ3) is 5.06. The van der Waals surface area contributed by atoms with Gasteiger partial charge < -0.3 is 14.4 Å². The molecule has 2 aromatic heterocycles. The third-order valence-electron chi connectivity index (χ3n) is 5.81. The highest BCUT2D eigenvalue weighted by Crippen LogP contribution is 2.31. The van der Waals surface area contributed by atoms with Crippen molar-refractivity contribution in [3.05, 3.63) is 84.2 Å². The summed E-state index contributed by atoms with van der Waals surface area (Å²) in [7, 11) is 1.65. The van der Waals surface area contributed by atoms with E-state index in [4.69, 9.17) is 9.47 Å². The van der Waals surface area contributed by atoms with Gasteiger partial charge in [-0.15, -0.1) is 10.2 Å². The molecule has 0 unspecified atom stereocenters. The van der Waals surface area contributed by atoms with Crippen molar-refractivity contribution >= 4 is 17.7 Å². The summed E-state index contributed by atoms with van der Waals surface area (Å²) in [5.74, 6) is 2.12. The molecule has 4 aromatic rings. The van der Waals surface area contributed by atoms with Gasteiger partial charge in [0.2, 0.25) is 0 Å². The van der Waals surface area contributed by atoms with Crippen LogP contribution in [0, 0.1) is 0 Å². The van der Waals surface area contributed by atoms with Gasteiger partial charge in [0.1, 0.15) is 5.75 Å². The van der Waals surface area contributed by atoms with Gasteiger partial charge in [0.15, 0.2) is 11.0 Å². The Morgan fingerprint density at radius 3 is 2.49 bits per heavy atom. The van der Waals surface area contributed by atoms with Crippen molar-refractivity contribution < 1.29 is 14.3 Å². The van der Waals surface area contributed by atoms with Gasteiger partial charge in [-0.05, 0) is 48.0 Å². The van der Waals surface area contributed by atoms with Crippen molar-refractivity contribution in [1.82, 2.24) is 24.6 Å². The van der Waals surface area contributed by atoms with Crippen molar-refractivity contribution in [2.75, 3.05) is 33.4 Å². The predicted octanol–water partition coefficient (Wildman–Crippen LogP) is 4.10. The van der Waals surface area contributed by atoms with Gasteiger partial charge in [0.25, 0.3) is 5.91 Å². The Morgan fingerprint density at radius 2 is 1.74 bits per heavy atom. The number of morpholine rings is 1. The number of pyridine rings is 1. The summed E-state index contributed by atoms with van der Waals surface area (Å²) in [5, 5.41) is 9.73. The van der Waals surface area contributed by atoms with Crippen LogP contribution in [0.5, 0.6) is 5.75 Å². The van der Waals surface area contributed by atoms with Crippen LogP contribution < -0.4 is 4.74 Å². The second-order valence-electron chi connectivity index (χ2n) is 7.93. The minimum atomic E-state index is 0.0404. The van der Waals surface area contributed by atoms with E-state index in [-0.39, 0.29) is 5.91 Å². The first-order chi connectivity index (χ1) is 17.2. The number of nitrogens with zero attached hydrogens (tertiary/aromatic N) is 5. The minimum Gasteiger partial charge on any atom is -0.497 e. The molecule has 1 saturated heterocycles. The normalized spacial score (nSPS) is 13.6. The molecule has 2 aromatic carbocycles. The molecule has 35 heavy (non-hydrogen) atoms. The van der Waals surface area contributed by atoms with Crippen LogP contribution >= 0.6 is 11.8 Å². The maximum absolute atomic E-state index is 13.2. The molecule has 0 N–H and O–H groups in total. The number of carbonyl (C=O) groups is 1. The molecule has 1 aliphatic heterocycles. The summed E-state index contributed by atoms with van der Waals surface area (Å²) in [6.07, 6.45) is 3.48. The maximum atomic E-state index is 13.2. The van der Waals surface area contributed by atoms with E-state index in [9.17, 15) is 4.79 Å². The fourth-order valence-corrected chi connectivity index (χ4v) is 4.91. The molecule has 0 spiro atoms. The molecular formula is C26H25N5O3S. The third-order valence-corrected chi connectivity index (χ3v) is 6.78. The first-order valence-electron chi connectivity index (χ1n) is 11.3. The van der Waals surface area contributed by atoms with E-state index in [0.717, 1.165) is 33.5 Å². The lowest BCUT2D eigenvalue weighted by molar-refractivity contribution is 0.0302. The minimum absolute atomic E-state index is 0.0404. The van der Waals surface area contributed by atoms with E-state index in [0.29, 0.717) is 37.6 Å². The molecule has 3 heterocycles. The van der Waals surface area contributed by atoms with E-state index in [1.54, 1.807) is 31.3 Å². The second-order valence-corrected chi connectivity index (χ2v) is 8.87. The van der Waals surface area contributed by atoms with Gasteiger partial charge in [-0.3, -0.25) is 14.3 Å². The van der Waals surface area contributed by atoms with Gasteiger partial charge in [-0.1, -0.05) is 30.0 Å². The molecule has 1 fully saturated rings. The number of hydrogen-bond donors (Lipinski definition) is 0. The van der Waals surface area contributed by atoms with Gasteiger partial charge in [-0.25, -0.2) is 0 Å². The average Bonchev–Trinajstić information content (AvgIpc) is 3.36. The van der Waals surface area contributed by atoms with Crippen molar-refractivity contribution in [1.29, 1.82) is 0 Å². The number of methoxy groups -OCH3 is 1. The quantitative estimate of drug-likeness (QED) is 0.363. The van der Waals surface area contributed by atoms with Gasteiger partial charge in [0, 0.05) is 48.1 Å². The fraction of sp³-hybridized carbons (Fsp3) is 0.231. The standard InChI is InChI=1S/C26H25N5O3S/c1-33-22-8-6-21(7-9-22)31-24(19-10-12-27-13-11-19)28-29-26(31)35-18-20-4-2-3-5-23(20)25(32)30-14-16-34-17-15-30/h2-13H,14-18H2,1H3. The van der Waals surface area contributed by atoms with Crippen LogP contribution in [0.3, 0.4) is 0 Å². The topological polar surface area (TPSA) is 82.4 Å². The number of aromatic nitrogens is 4. The SMILES string of the molecule is COc1ccc(-n2c(SCc3ccccc3C(=O)N3CCOCC3)nnc2-c2ccncc2)cc1. The van der Waals surface area contributed by atoms with Gasteiger partial charge in [0.05, 0.1) is 20.3 Å². The lowest BCUT2D eigenvalue weighted by atomic mass is 10.1. The van der Waals surface area contributed by atoms with Crippen LogP contribution in [0.1, 0.15) is 15.9 Å². The monoisotopic (exact) mass is 487 g/mol. The van der Waals surface area contributed by atoms with E-state index in [1.165, 1.54) is 0 Å². The first-order valence-corrected chi connectivity index (χ1v) is 12.3. The summed E-state index contributed by atoms with van der Waals surface area (Å²) in [6.45, 7) is 2.37. The molecule has 0 atom stereocenters. The molecule has 178 valence electrons.